The summed E-state index contributed by atoms with van der Waals surface area (Å²) in [5.74, 6) is -0.551. The molecule has 2 rings (SSSR count). The predicted molar refractivity (Wildman–Crippen MR) is 89.0 cm³/mol. The van der Waals surface area contributed by atoms with Gasteiger partial charge in [-0.15, -0.1) is 11.3 Å². The summed E-state index contributed by atoms with van der Waals surface area (Å²) in [6.07, 6.45) is 0. The second kappa shape index (κ2) is 7.23. The second-order valence-electron chi connectivity index (χ2n) is 4.29. The third kappa shape index (κ3) is 4.32. The summed E-state index contributed by atoms with van der Waals surface area (Å²) in [5.41, 5.74) is 16.9. The monoisotopic (exact) mass is 316 g/mol. The lowest BCUT2D eigenvalue weighted by Crippen LogP contribution is -2.26. The van der Waals surface area contributed by atoms with Gasteiger partial charge in [-0.2, -0.15) is 4.99 Å². The number of nitrogens with one attached hydrogen (secondary N) is 1. The third-order valence-corrected chi connectivity index (χ3v) is 3.51. The van der Waals surface area contributed by atoms with Gasteiger partial charge in [0, 0.05) is 4.88 Å². The summed E-state index contributed by atoms with van der Waals surface area (Å²) in [6.45, 7) is 0.456. The van der Waals surface area contributed by atoms with Crippen molar-refractivity contribution >= 4 is 34.9 Å². The van der Waals surface area contributed by atoms with E-state index in [1.165, 1.54) is 0 Å². The number of hydrogen-bond donors (Lipinski definition) is 4. The highest BCUT2D eigenvalue weighted by molar-refractivity contribution is 7.09. The summed E-state index contributed by atoms with van der Waals surface area (Å²) in [6, 6.07) is 10.7. The number of thiophene rings is 1. The molecule has 0 saturated heterocycles. The van der Waals surface area contributed by atoms with Gasteiger partial charge >= 0.3 is 0 Å². The van der Waals surface area contributed by atoms with Crippen LogP contribution in [0.1, 0.15) is 15.2 Å². The maximum atomic E-state index is 12.3. The molecule has 2 aromatic rings. The third-order valence-electron chi connectivity index (χ3n) is 2.63. The molecule has 1 heterocycles. The number of amides is 1. The van der Waals surface area contributed by atoms with E-state index in [4.69, 9.17) is 17.2 Å². The van der Waals surface area contributed by atoms with Crippen LogP contribution in [0.15, 0.2) is 51.8 Å². The van der Waals surface area contributed by atoms with Crippen molar-refractivity contribution in [2.45, 2.75) is 6.54 Å². The Hall–Kier alpha value is -2.87. The fraction of sp³-hybridized carbons (Fsp3) is 0.0714. The normalized spacial score (nSPS) is 11.0. The minimum Gasteiger partial charge on any atom is -0.370 e. The average Bonchev–Trinajstić information content (AvgIpc) is 2.97. The van der Waals surface area contributed by atoms with E-state index in [1.54, 1.807) is 35.6 Å². The molecule has 1 amide bonds. The summed E-state index contributed by atoms with van der Waals surface area (Å²) < 4.78 is 0. The van der Waals surface area contributed by atoms with Crippen molar-refractivity contribution in [3.63, 3.8) is 0 Å². The van der Waals surface area contributed by atoms with Gasteiger partial charge in [0.1, 0.15) is 0 Å². The van der Waals surface area contributed by atoms with Gasteiger partial charge in [-0.3, -0.25) is 4.79 Å². The fourth-order valence-corrected chi connectivity index (χ4v) is 2.36. The van der Waals surface area contributed by atoms with Crippen LogP contribution >= 0.6 is 11.3 Å². The van der Waals surface area contributed by atoms with Crippen molar-refractivity contribution in [3.8, 4) is 0 Å². The Morgan fingerprint density at radius 1 is 1.14 bits per heavy atom. The van der Waals surface area contributed by atoms with Gasteiger partial charge in [0.15, 0.2) is 5.96 Å². The van der Waals surface area contributed by atoms with Crippen LogP contribution < -0.4 is 22.5 Å². The first-order valence-electron chi connectivity index (χ1n) is 6.39. The number of nitrogens with two attached hydrogens (primary N) is 3. The molecule has 0 aliphatic rings. The van der Waals surface area contributed by atoms with E-state index < -0.39 is 0 Å². The Kier molecular flexibility index (Phi) is 5.10. The maximum Gasteiger partial charge on any atom is 0.253 e. The van der Waals surface area contributed by atoms with E-state index in [1.807, 2.05) is 17.5 Å². The minimum atomic E-state index is -0.245. The highest BCUT2D eigenvalue weighted by atomic mass is 32.1. The molecule has 0 spiro atoms. The van der Waals surface area contributed by atoms with Crippen LogP contribution in [-0.4, -0.2) is 17.8 Å². The van der Waals surface area contributed by atoms with Crippen LogP contribution in [0.2, 0.25) is 0 Å². The van der Waals surface area contributed by atoms with Crippen molar-refractivity contribution in [1.29, 1.82) is 0 Å². The van der Waals surface area contributed by atoms with Crippen LogP contribution in [0.4, 0.5) is 5.69 Å². The summed E-state index contributed by atoms with van der Waals surface area (Å²) >= 11 is 1.57. The molecule has 1 aromatic heterocycles. The lowest BCUT2D eigenvalue weighted by atomic mass is 10.1. The maximum absolute atomic E-state index is 12.3. The molecule has 7 N–H and O–H groups in total. The Labute approximate surface area is 131 Å². The number of rotatable bonds is 4. The number of guanidine groups is 2. The smallest absolute Gasteiger partial charge is 0.253 e. The molecule has 7 nitrogen and oxygen atoms in total. The standard InChI is InChI=1S/C14H16N6OS/c15-13(16)20-14(17)19-11-6-2-1-5-10(11)12(21)18-8-9-4-3-7-22-9/h1-7H,8H2,(H,18,21)(H6,15,16,17,19,20). The van der Waals surface area contributed by atoms with Crippen LogP contribution in [-0.2, 0) is 6.54 Å². The SMILES string of the molecule is NC(N)=NC(N)=Nc1ccccc1C(=O)NCc1cccs1. The van der Waals surface area contributed by atoms with Crippen molar-refractivity contribution in [1.82, 2.24) is 5.32 Å². The minimum absolute atomic E-state index is 0.112. The van der Waals surface area contributed by atoms with E-state index in [0.29, 0.717) is 17.8 Å². The summed E-state index contributed by atoms with van der Waals surface area (Å²) in [5, 5.41) is 4.79. The first-order chi connectivity index (χ1) is 10.6. The number of aliphatic imine (C=N–C) groups is 2. The molecule has 114 valence electrons. The fourth-order valence-electron chi connectivity index (χ4n) is 1.72. The number of para-hydroxylation sites is 1. The largest absolute Gasteiger partial charge is 0.370 e. The molecule has 0 aliphatic heterocycles. The van der Waals surface area contributed by atoms with Gasteiger partial charge in [0.05, 0.1) is 17.8 Å². The van der Waals surface area contributed by atoms with Crippen molar-refractivity contribution < 1.29 is 4.79 Å². The van der Waals surface area contributed by atoms with Crippen molar-refractivity contribution in [2.75, 3.05) is 0 Å². The van der Waals surface area contributed by atoms with E-state index in [9.17, 15) is 4.79 Å². The number of carbonyl (C=O) groups excluding carboxylic acids is 1. The number of nitrogens with zero attached hydrogens (tertiary/aromatic N) is 2. The molecule has 1 aromatic carbocycles. The molecule has 0 saturated carbocycles. The zero-order chi connectivity index (χ0) is 15.9. The van der Waals surface area contributed by atoms with Gasteiger partial charge in [-0.1, -0.05) is 18.2 Å². The van der Waals surface area contributed by atoms with Gasteiger partial charge in [-0.25, -0.2) is 4.99 Å². The van der Waals surface area contributed by atoms with E-state index >= 15 is 0 Å². The molecule has 0 fully saturated rings. The molecule has 22 heavy (non-hydrogen) atoms. The Bertz CT molecular complexity index is 704. The molecule has 0 radical (unpaired) electrons. The van der Waals surface area contributed by atoms with Crippen LogP contribution in [0.3, 0.4) is 0 Å². The molecule has 0 atom stereocenters. The predicted octanol–water partition coefficient (Wildman–Crippen LogP) is 0.898. The lowest BCUT2D eigenvalue weighted by Gasteiger charge is -2.06. The van der Waals surface area contributed by atoms with Crippen LogP contribution in [0.25, 0.3) is 0 Å². The first kappa shape index (κ1) is 15.5. The Balaban J connectivity index is 2.17. The number of hydrogen-bond acceptors (Lipinski definition) is 3. The highest BCUT2D eigenvalue weighted by Gasteiger charge is 2.10. The Morgan fingerprint density at radius 3 is 2.59 bits per heavy atom. The first-order valence-corrected chi connectivity index (χ1v) is 7.27. The quantitative estimate of drug-likeness (QED) is 0.492. The van der Waals surface area contributed by atoms with E-state index in [0.717, 1.165) is 4.88 Å². The molecule has 0 unspecified atom stereocenters. The van der Waals surface area contributed by atoms with Crippen molar-refractivity contribution in [2.24, 2.45) is 27.2 Å². The van der Waals surface area contributed by atoms with Gasteiger partial charge in [0.25, 0.3) is 5.91 Å². The summed E-state index contributed by atoms with van der Waals surface area (Å²) in [7, 11) is 0. The van der Waals surface area contributed by atoms with Gasteiger partial charge in [0.2, 0.25) is 5.96 Å². The molecular formula is C14H16N6OS. The lowest BCUT2D eigenvalue weighted by molar-refractivity contribution is 0.0952. The molecule has 8 heteroatoms. The van der Waals surface area contributed by atoms with Crippen molar-refractivity contribution in [3.05, 3.63) is 52.2 Å². The highest BCUT2D eigenvalue weighted by Crippen LogP contribution is 2.19. The van der Waals surface area contributed by atoms with E-state index in [-0.39, 0.29) is 17.8 Å². The number of benzene rings is 1. The molecular weight excluding hydrogens is 300 g/mol. The topological polar surface area (TPSA) is 132 Å². The van der Waals surface area contributed by atoms with Gasteiger partial charge < -0.3 is 22.5 Å². The van der Waals surface area contributed by atoms with E-state index in [2.05, 4.69) is 15.3 Å². The number of carbonyl (C=O) groups is 1. The van der Waals surface area contributed by atoms with Gasteiger partial charge in [-0.05, 0) is 23.6 Å². The molecule has 0 aliphatic carbocycles. The van der Waals surface area contributed by atoms with Crippen LogP contribution in [0, 0.1) is 0 Å². The van der Waals surface area contributed by atoms with Crippen LogP contribution in [0.5, 0.6) is 0 Å². The zero-order valence-corrected chi connectivity index (χ0v) is 12.5. The molecule has 0 bridgehead atoms. The zero-order valence-electron chi connectivity index (χ0n) is 11.7. The summed E-state index contributed by atoms with van der Waals surface area (Å²) in [4.78, 5) is 21.0. The average molecular weight is 316 g/mol. The Morgan fingerprint density at radius 2 is 1.91 bits per heavy atom. The second-order valence-corrected chi connectivity index (χ2v) is 5.32.